The molecule has 9 heteroatoms. The summed E-state index contributed by atoms with van der Waals surface area (Å²) in [5.74, 6) is 0.940. The molecule has 5 rings (SSSR count). The van der Waals surface area contributed by atoms with Crippen molar-refractivity contribution in [2.24, 2.45) is 5.92 Å². The molecule has 0 aliphatic heterocycles. The van der Waals surface area contributed by atoms with Crippen molar-refractivity contribution in [1.82, 2.24) is 19.6 Å². The van der Waals surface area contributed by atoms with Crippen molar-refractivity contribution in [2.45, 2.75) is 36.0 Å². The van der Waals surface area contributed by atoms with Gasteiger partial charge < -0.3 is 0 Å². The third kappa shape index (κ3) is 1.69. The van der Waals surface area contributed by atoms with Crippen molar-refractivity contribution in [3.05, 3.63) is 17.7 Å². The summed E-state index contributed by atoms with van der Waals surface area (Å²) in [5, 5.41) is 4.04. The van der Waals surface area contributed by atoms with Crippen LogP contribution >= 0.6 is 0 Å². The van der Waals surface area contributed by atoms with Crippen LogP contribution in [0.5, 0.6) is 0 Å². The first-order chi connectivity index (χ1) is 9.80. The fourth-order valence-corrected chi connectivity index (χ4v) is 3.70. The summed E-state index contributed by atoms with van der Waals surface area (Å²) in [6.45, 7) is 0. The minimum atomic E-state index is -4.55. The lowest BCUT2D eigenvalue weighted by Gasteiger charge is -2.60. The third-order valence-electron chi connectivity index (χ3n) is 4.41. The molecule has 0 spiro atoms. The second-order valence-corrected chi connectivity index (χ2v) is 7.11. The molecule has 0 N–H and O–H groups in total. The first-order valence-corrected chi connectivity index (χ1v) is 8.03. The summed E-state index contributed by atoms with van der Waals surface area (Å²) in [6.07, 6.45) is 0.481. The molecule has 0 amide bonds. The Morgan fingerprint density at radius 1 is 1.38 bits per heavy atom. The molecule has 5 nitrogen and oxygen atoms in total. The van der Waals surface area contributed by atoms with Gasteiger partial charge in [-0.05, 0) is 25.2 Å². The van der Waals surface area contributed by atoms with Gasteiger partial charge in [0, 0.05) is 11.7 Å². The summed E-state index contributed by atoms with van der Waals surface area (Å²) in [6, 6.07) is 0. The molecule has 2 aromatic rings. The van der Waals surface area contributed by atoms with Crippen LogP contribution in [0.15, 0.2) is 11.4 Å². The van der Waals surface area contributed by atoms with E-state index in [9.17, 15) is 17.4 Å². The molecule has 3 aliphatic rings. The third-order valence-corrected chi connectivity index (χ3v) is 5.11. The van der Waals surface area contributed by atoms with Crippen LogP contribution in [0, 0.1) is 5.92 Å². The van der Waals surface area contributed by atoms with Gasteiger partial charge in [0.2, 0.25) is 5.16 Å². The average Bonchev–Trinajstić information content (AvgIpc) is 2.64. The van der Waals surface area contributed by atoms with E-state index in [2.05, 4.69) is 15.1 Å². The van der Waals surface area contributed by atoms with Gasteiger partial charge in [0.25, 0.3) is 0 Å². The van der Waals surface area contributed by atoms with E-state index in [0.717, 1.165) is 25.5 Å². The van der Waals surface area contributed by atoms with Gasteiger partial charge in [-0.1, -0.05) is 0 Å². The number of aromatic nitrogens is 4. The van der Waals surface area contributed by atoms with Crippen LogP contribution in [0.2, 0.25) is 0 Å². The van der Waals surface area contributed by atoms with E-state index in [4.69, 9.17) is 0 Å². The molecule has 2 aromatic heterocycles. The monoisotopic (exact) mass is 316 g/mol. The summed E-state index contributed by atoms with van der Waals surface area (Å²) >= 11 is 0. The molecular formula is C12H11F3N4OS. The van der Waals surface area contributed by atoms with Gasteiger partial charge >= 0.3 is 6.18 Å². The van der Waals surface area contributed by atoms with Crippen LogP contribution < -0.4 is 0 Å². The van der Waals surface area contributed by atoms with Crippen molar-refractivity contribution in [3.8, 4) is 0 Å². The Balaban J connectivity index is 1.98. The second-order valence-electron chi connectivity index (χ2n) is 5.83. The lowest BCUT2D eigenvalue weighted by molar-refractivity contribution is -0.140. The fraction of sp³-hybridized carbons (Fsp3) is 0.583. The average molecular weight is 316 g/mol. The molecule has 21 heavy (non-hydrogen) atoms. The second kappa shape index (κ2) is 3.82. The van der Waals surface area contributed by atoms with Crippen LogP contribution in [-0.4, -0.2) is 30.0 Å². The van der Waals surface area contributed by atoms with E-state index in [1.54, 1.807) is 0 Å². The molecule has 2 bridgehead atoms. The number of imidazole rings is 1. The Kier molecular flexibility index (Phi) is 2.40. The van der Waals surface area contributed by atoms with Crippen LogP contribution in [0.3, 0.4) is 0 Å². The van der Waals surface area contributed by atoms with E-state index in [0.29, 0.717) is 11.7 Å². The zero-order chi connectivity index (χ0) is 15.0. The van der Waals surface area contributed by atoms with E-state index in [-0.39, 0.29) is 16.1 Å². The highest BCUT2D eigenvalue weighted by Crippen LogP contribution is 2.64. The highest BCUT2D eigenvalue weighted by molar-refractivity contribution is 7.84. The predicted molar refractivity (Wildman–Crippen MR) is 67.1 cm³/mol. The Morgan fingerprint density at radius 2 is 2.05 bits per heavy atom. The summed E-state index contributed by atoms with van der Waals surface area (Å²) in [4.78, 5) is 7.59. The van der Waals surface area contributed by atoms with E-state index >= 15 is 0 Å². The van der Waals surface area contributed by atoms with Crippen LogP contribution in [0.25, 0.3) is 5.52 Å². The highest BCUT2D eigenvalue weighted by Gasteiger charge is 2.60. The maximum absolute atomic E-state index is 13.1. The first-order valence-electron chi connectivity index (χ1n) is 6.47. The molecule has 3 fully saturated rings. The molecule has 0 aromatic carbocycles. The molecule has 1 atom stereocenters. The van der Waals surface area contributed by atoms with Gasteiger partial charge in [0.1, 0.15) is 11.3 Å². The number of nitrogens with zero attached hydrogens (tertiary/aromatic N) is 4. The lowest BCUT2D eigenvalue weighted by Crippen LogP contribution is -2.56. The fourth-order valence-electron chi connectivity index (χ4n) is 3.31. The maximum Gasteiger partial charge on any atom is 0.435 e. The highest BCUT2D eigenvalue weighted by atomic mass is 32.2. The van der Waals surface area contributed by atoms with Crippen molar-refractivity contribution in [3.63, 3.8) is 0 Å². The number of alkyl halides is 3. The SMILES string of the molecule is CS(=O)c1ncc2c(C(F)(F)F)nc(C34CC(C3)C4)n2n1. The molecule has 0 radical (unpaired) electrons. The minimum Gasteiger partial charge on any atom is -0.251 e. The van der Waals surface area contributed by atoms with Gasteiger partial charge in [-0.3, -0.25) is 4.21 Å². The van der Waals surface area contributed by atoms with Crippen LogP contribution in [0.1, 0.15) is 30.8 Å². The molecule has 0 saturated heterocycles. The molecule has 112 valence electrons. The van der Waals surface area contributed by atoms with Crippen LogP contribution in [0.4, 0.5) is 13.2 Å². The van der Waals surface area contributed by atoms with Gasteiger partial charge in [-0.15, -0.1) is 5.10 Å². The van der Waals surface area contributed by atoms with Gasteiger partial charge in [0.15, 0.2) is 5.69 Å². The van der Waals surface area contributed by atoms with E-state index in [1.165, 1.54) is 10.8 Å². The minimum absolute atomic E-state index is 0.0153. The normalized spacial score (nSPS) is 29.0. The standard InChI is InChI=1S/C12H11F3N4OS/c1-21(20)10-16-5-7-8(12(13,14)15)17-9(19(7)18-10)11-2-6(3-11)4-11/h5-6H,2-4H2,1H3. The van der Waals surface area contributed by atoms with Crippen molar-refractivity contribution in [2.75, 3.05) is 6.26 Å². The lowest BCUT2D eigenvalue weighted by atomic mass is 9.44. The largest absolute Gasteiger partial charge is 0.435 e. The number of halogens is 3. The van der Waals surface area contributed by atoms with Gasteiger partial charge in [0.05, 0.1) is 17.0 Å². The van der Waals surface area contributed by atoms with Gasteiger partial charge in [-0.25, -0.2) is 14.5 Å². The molecule has 3 saturated carbocycles. The van der Waals surface area contributed by atoms with Crippen molar-refractivity contribution < 1.29 is 17.4 Å². The molecule has 2 heterocycles. The Morgan fingerprint density at radius 3 is 2.52 bits per heavy atom. The summed E-state index contributed by atoms with van der Waals surface area (Å²) < 4.78 is 52.0. The Bertz CT molecular complexity index is 768. The Hall–Kier alpha value is -1.51. The van der Waals surface area contributed by atoms with Gasteiger partial charge in [-0.2, -0.15) is 13.2 Å². The van der Waals surface area contributed by atoms with E-state index in [1.807, 2.05) is 0 Å². The van der Waals surface area contributed by atoms with E-state index < -0.39 is 22.7 Å². The number of hydrogen-bond donors (Lipinski definition) is 0. The smallest absolute Gasteiger partial charge is 0.251 e. The summed E-state index contributed by atoms with van der Waals surface area (Å²) in [5.41, 5.74) is -1.41. The topological polar surface area (TPSA) is 60.2 Å². The molecular weight excluding hydrogens is 305 g/mol. The summed E-state index contributed by atoms with van der Waals surface area (Å²) in [7, 11) is -1.46. The first kappa shape index (κ1) is 13.2. The van der Waals surface area contributed by atoms with Crippen molar-refractivity contribution in [1.29, 1.82) is 0 Å². The number of rotatable bonds is 2. The Labute approximate surface area is 120 Å². The predicted octanol–water partition coefficient (Wildman–Crippen LogP) is 1.93. The zero-order valence-electron chi connectivity index (χ0n) is 11.0. The quantitative estimate of drug-likeness (QED) is 0.849. The van der Waals surface area contributed by atoms with Crippen LogP contribution in [-0.2, 0) is 22.4 Å². The molecule has 3 aliphatic carbocycles. The van der Waals surface area contributed by atoms with Crippen molar-refractivity contribution >= 4 is 16.3 Å². The number of fused-ring (bicyclic) bond motifs is 1. The number of hydrogen-bond acceptors (Lipinski definition) is 4. The maximum atomic E-state index is 13.1. The molecule has 1 unspecified atom stereocenters. The zero-order valence-corrected chi connectivity index (χ0v) is 11.8.